The van der Waals surface area contributed by atoms with Crippen molar-refractivity contribution in [2.75, 3.05) is 45.9 Å². The van der Waals surface area contributed by atoms with Gasteiger partial charge in [0, 0.05) is 54.3 Å². The van der Waals surface area contributed by atoms with Gasteiger partial charge >= 0.3 is 0 Å². The number of carbonyl (C=O) groups is 2. The monoisotopic (exact) mass is 566 g/mol. The number of nitrogens with zero attached hydrogens (tertiary/aromatic N) is 4. The Morgan fingerprint density at radius 1 is 1.00 bits per heavy atom. The first kappa shape index (κ1) is 27.9. The number of halogens is 3. The van der Waals surface area contributed by atoms with Crippen LogP contribution in [0.1, 0.15) is 33.9 Å². The van der Waals surface area contributed by atoms with Gasteiger partial charge in [-0.05, 0) is 30.3 Å². The Bertz CT molecular complexity index is 1410. The Morgan fingerprint density at radius 3 is 2.50 bits per heavy atom. The number of benzene rings is 3. The van der Waals surface area contributed by atoms with Gasteiger partial charge in [0.25, 0.3) is 11.8 Å². The molecule has 3 aromatic carbocycles. The summed E-state index contributed by atoms with van der Waals surface area (Å²) in [7, 11) is 0. The lowest BCUT2D eigenvalue weighted by atomic mass is 9.98. The van der Waals surface area contributed by atoms with Crippen molar-refractivity contribution in [3.63, 3.8) is 0 Å². The van der Waals surface area contributed by atoms with Crippen LogP contribution in [0.15, 0.2) is 77.9 Å². The van der Waals surface area contributed by atoms with Crippen LogP contribution in [0.25, 0.3) is 0 Å². The number of hydrogen-bond acceptors (Lipinski definition) is 5. The fourth-order valence-corrected chi connectivity index (χ4v) is 5.21. The molecule has 2 heterocycles. The molecule has 1 atom stereocenters. The summed E-state index contributed by atoms with van der Waals surface area (Å²) >= 11 is 6.42. The molecule has 1 saturated heterocycles. The maximum Gasteiger partial charge on any atom is 0.262 e. The van der Waals surface area contributed by atoms with Crippen molar-refractivity contribution in [3.8, 4) is 0 Å². The molecule has 0 aromatic heterocycles. The van der Waals surface area contributed by atoms with Crippen LogP contribution in [-0.4, -0.2) is 78.3 Å². The Kier molecular flexibility index (Phi) is 8.84. The lowest BCUT2D eigenvalue weighted by Crippen LogP contribution is -2.46. The minimum atomic E-state index is -0.717. The molecule has 3 aromatic rings. The average Bonchev–Trinajstić information content (AvgIpc) is 3.41. The molecule has 5 rings (SSSR count). The van der Waals surface area contributed by atoms with E-state index in [0.29, 0.717) is 54.7 Å². The zero-order valence-electron chi connectivity index (χ0n) is 21.8. The van der Waals surface area contributed by atoms with Gasteiger partial charge in [-0.2, -0.15) is 5.10 Å². The first-order valence-electron chi connectivity index (χ1n) is 13.1. The summed E-state index contributed by atoms with van der Waals surface area (Å²) in [6.07, 6.45) is 0.252. The number of carbonyl (C=O) groups excluding carboxylic acids is 2. The first-order valence-corrected chi connectivity index (χ1v) is 13.5. The third-order valence-corrected chi connectivity index (χ3v) is 7.42. The van der Waals surface area contributed by atoms with E-state index in [0.717, 1.165) is 6.07 Å². The highest BCUT2D eigenvalue weighted by Gasteiger charge is 2.36. The van der Waals surface area contributed by atoms with Crippen molar-refractivity contribution in [3.05, 3.63) is 106 Å². The number of amides is 2. The molecule has 2 aliphatic rings. The van der Waals surface area contributed by atoms with Gasteiger partial charge in [0.05, 0.1) is 25.0 Å². The molecular formula is C30H29ClF2N4O3. The molecule has 208 valence electrons. The highest BCUT2D eigenvalue weighted by Crippen LogP contribution is 2.35. The van der Waals surface area contributed by atoms with Crippen LogP contribution in [-0.2, 0) is 9.53 Å². The normalized spacial score (nSPS) is 17.5. The fraction of sp³-hybridized carbons (Fsp3) is 0.300. The molecule has 0 radical (unpaired) electrons. The lowest BCUT2D eigenvalue weighted by molar-refractivity contribution is -0.133. The van der Waals surface area contributed by atoms with Gasteiger partial charge in [0.2, 0.25) is 0 Å². The van der Waals surface area contributed by atoms with Crippen LogP contribution in [0.5, 0.6) is 0 Å². The molecule has 0 aliphatic carbocycles. The van der Waals surface area contributed by atoms with Crippen molar-refractivity contribution in [2.24, 2.45) is 5.10 Å². The average molecular weight is 567 g/mol. The molecule has 1 fully saturated rings. The summed E-state index contributed by atoms with van der Waals surface area (Å²) in [5.74, 6) is -1.96. The van der Waals surface area contributed by atoms with E-state index < -0.39 is 29.5 Å². The molecule has 10 heteroatoms. The molecule has 0 bridgehead atoms. The first-order chi connectivity index (χ1) is 19.4. The van der Waals surface area contributed by atoms with Gasteiger partial charge < -0.3 is 9.64 Å². The predicted molar refractivity (Wildman–Crippen MR) is 148 cm³/mol. The minimum absolute atomic E-state index is 0.141. The second kappa shape index (κ2) is 12.7. The number of rotatable bonds is 8. The molecule has 0 N–H and O–H groups in total. The zero-order chi connectivity index (χ0) is 28.1. The summed E-state index contributed by atoms with van der Waals surface area (Å²) in [5, 5.41) is 6.31. The topological polar surface area (TPSA) is 65.5 Å². The summed E-state index contributed by atoms with van der Waals surface area (Å²) < 4.78 is 34.3. The molecule has 2 aliphatic heterocycles. The minimum Gasteiger partial charge on any atom is -0.379 e. The second-order valence-corrected chi connectivity index (χ2v) is 10.1. The smallest absolute Gasteiger partial charge is 0.262 e. The van der Waals surface area contributed by atoms with Gasteiger partial charge in [-0.25, -0.2) is 13.8 Å². The molecule has 2 amide bonds. The van der Waals surface area contributed by atoms with Crippen molar-refractivity contribution >= 4 is 29.1 Å². The van der Waals surface area contributed by atoms with Crippen LogP contribution in [0.3, 0.4) is 0 Å². The Morgan fingerprint density at radius 2 is 1.75 bits per heavy atom. The van der Waals surface area contributed by atoms with Gasteiger partial charge in [-0.1, -0.05) is 54.1 Å². The third kappa shape index (κ3) is 6.38. The molecule has 0 unspecified atom stereocenters. The highest BCUT2D eigenvalue weighted by atomic mass is 35.5. The number of hydrogen-bond donors (Lipinski definition) is 0. The van der Waals surface area contributed by atoms with Crippen molar-refractivity contribution in [1.29, 1.82) is 0 Å². The van der Waals surface area contributed by atoms with Crippen LogP contribution in [0, 0.1) is 11.6 Å². The molecular weight excluding hydrogens is 538 g/mol. The van der Waals surface area contributed by atoms with E-state index in [9.17, 15) is 18.4 Å². The number of hydrazone groups is 1. The predicted octanol–water partition coefficient (Wildman–Crippen LogP) is 4.77. The van der Waals surface area contributed by atoms with E-state index in [1.807, 2.05) is 6.07 Å². The fourth-order valence-electron chi connectivity index (χ4n) is 4.96. The van der Waals surface area contributed by atoms with Gasteiger partial charge in [-0.3, -0.25) is 14.5 Å². The van der Waals surface area contributed by atoms with E-state index in [1.165, 1.54) is 34.2 Å². The van der Waals surface area contributed by atoms with Gasteiger partial charge in [0.15, 0.2) is 0 Å². The standard InChI is InChI=1S/C30H29ClF2N4O3/c31-25-10-3-1-8-23(25)27-19-28(24-9-2-4-11-26(24)33)37(34-27)29(38)20-36(13-12-35-14-16-40-17-15-35)30(39)21-6-5-7-22(32)18-21/h1-11,18,28H,12-17,19-20H2/t28-/m1/s1. The van der Waals surface area contributed by atoms with Gasteiger partial charge in [0.1, 0.15) is 18.2 Å². The second-order valence-electron chi connectivity index (χ2n) is 9.70. The summed E-state index contributed by atoms with van der Waals surface area (Å²) in [6.45, 7) is 3.04. The number of morpholine rings is 1. The zero-order valence-corrected chi connectivity index (χ0v) is 22.6. The largest absolute Gasteiger partial charge is 0.379 e. The Hall–Kier alpha value is -3.66. The van der Waals surface area contributed by atoms with Crippen LogP contribution in [0.2, 0.25) is 5.02 Å². The van der Waals surface area contributed by atoms with E-state index in [4.69, 9.17) is 16.3 Å². The Labute approximate surface area is 236 Å². The van der Waals surface area contributed by atoms with Crippen LogP contribution in [0.4, 0.5) is 8.78 Å². The lowest BCUT2D eigenvalue weighted by Gasteiger charge is -2.31. The molecule has 7 nitrogen and oxygen atoms in total. The van der Waals surface area contributed by atoms with E-state index in [-0.39, 0.29) is 25.1 Å². The SMILES string of the molecule is O=C(c1cccc(F)c1)N(CCN1CCOCC1)CC(=O)N1N=C(c2ccccc2Cl)C[C@@H]1c1ccccc1F. The van der Waals surface area contributed by atoms with Gasteiger partial charge in [-0.15, -0.1) is 0 Å². The van der Waals surface area contributed by atoms with Crippen molar-refractivity contribution in [2.45, 2.75) is 12.5 Å². The summed E-state index contributed by atoms with van der Waals surface area (Å²) in [5.41, 5.74) is 1.66. The van der Waals surface area contributed by atoms with Crippen molar-refractivity contribution in [1.82, 2.24) is 14.8 Å². The molecule has 0 spiro atoms. The van der Waals surface area contributed by atoms with Crippen molar-refractivity contribution < 1.29 is 23.1 Å². The molecule has 40 heavy (non-hydrogen) atoms. The van der Waals surface area contributed by atoms with Crippen LogP contribution < -0.4 is 0 Å². The third-order valence-electron chi connectivity index (χ3n) is 7.09. The quantitative estimate of drug-likeness (QED) is 0.394. The van der Waals surface area contributed by atoms with E-state index in [2.05, 4.69) is 10.0 Å². The number of ether oxygens (including phenoxy) is 1. The summed E-state index contributed by atoms with van der Waals surface area (Å²) in [4.78, 5) is 30.9. The van der Waals surface area contributed by atoms with E-state index >= 15 is 0 Å². The van der Waals surface area contributed by atoms with E-state index in [1.54, 1.807) is 36.4 Å². The molecule has 0 saturated carbocycles. The highest BCUT2D eigenvalue weighted by molar-refractivity contribution is 6.34. The Balaban J connectivity index is 1.43. The summed E-state index contributed by atoms with van der Waals surface area (Å²) in [6, 6.07) is 18.1. The van der Waals surface area contributed by atoms with Crippen LogP contribution >= 0.6 is 11.6 Å². The maximum absolute atomic E-state index is 14.9. The maximum atomic E-state index is 14.9.